The first-order chi connectivity index (χ1) is 11.1. The fourth-order valence-electron chi connectivity index (χ4n) is 1.81. The highest BCUT2D eigenvalue weighted by Crippen LogP contribution is 2.11. The number of benzene rings is 2. The first-order valence-electron chi connectivity index (χ1n) is 7.11. The lowest BCUT2D eigenvalue weighted by molar-refractivity contribution is -0.123. The topological polar surface area (TPSA) is 74.5 Å². The predicted octanol–water partition coefficient (Wildman–Crippen LogP) is 2.79. The first kappa shape index (κ1) is 16.2. The smallest absolute Gasteiger partial charge is 0.277 e. The summed E-state index contributed by atoms with van der Waals surface area (Å²) in [4.78, 5) is 11.7. The van der Waals surface area contributed by atoms with Crippen LogP contribution in [-0.4, -0.2) is 18.2 Å². The number of nitrogens with one attached hydrogen (secondary N) is 1. The summed E-state index contributed by atoms with van der Waals surface area (Å²) in [6.45, 7) is 3.70. The number of hydrogen-bond acceptors (Lipinski definition) is 4. The van der Waals surface area contributed by atoms with Gasteiger partial charge in [-0.2, -0.15) is 10.4 Å². The molecule has 0 heterocycles. The average molecular weight is 307 g/mol. The van der Waals surface area contributed by atoms with Crippen molar-refractivity contribution in [3.05, 3.63) is 65.2 Å². The maximum absolute atomic E-state index is 11.7. The quantitative estimate of drug-likeness (QED) is 0.682. The third-order valence-electron chi connectivity index (χ3n) is 3.17. The fourth-order valence-corrected chi connectivity index (χ4v) is 1.81. The lowest BCUT2D eigenvalue weighted by atomic mass is 10.1. The third-order valence-corrected chi connectivity index (χ3v) is 3.17. The van der Waals surface area contributed by atoms with Crippen LogP contribution < -0.4 is 10.2 Å². The van der Waals surface area contributed by atoms with Crippen LogP contribution in [0.15, 0.2) is 53.6 Å². The van der Waals surface area contributed by atoms with Gasteiger partial charge in [-0.1, -0.05) is 29.8 Å². The number of carbonyl (C=O) groups is 1. The van der Waals surface area contributed by atoms with Gasteiger partial charge >= 0.3 is 0 Å². The number of rotatable bonds is 5. The Labute approximate surface area is 135 Å². The number of amides is 1. The molecule has 1 amide bonds. The number of ether oxygens (including phenoxy) is 1. The molecule has 0 fully saturated rings. The zero-order chi connectivity index (χ0) is 16.7. The Bertz CT molecular complexity index is 741. The molecule has 2 aromatic carbocycles. The maximum atomic E-state index is 11.7. The summed E-state index contributed by atoms with van der Waals surface area (Å²) in [5.74, 6) is 0.180. The summed E-state index contributed by atoms with van der Waals surface area (Å²) in [5.41, 5.74) is 5.84. The van der Waals surface area contributed by atoms with Crippen LogP contribution in [0.25, 0.3) is 0 Å². The van der Waals surface area contributed by atoms with Crippen molar-refractivity contribution in [2.24, 2.45) is 5.10 Å². The molecule has 0 aliphatic heterocycles. The van der Waals surface area contributed by atoms with Crippen LogP contribution in [-0.2, 0) is 4.79 Å². The molecule has 0 saturated heterocycles. The molecule has 0 atom stereocenters. The monoisotopic (exact) mass is 307 g/mol. The van der Waals surface area contributed by atoms with Crippen molar-refractivity contribution >= 4 is 11.6 Å². The van der Waals surface area contributed by atoms with E-state index in [1.165, 1.54) is 5.56 Å². The molecule has 0 aliphatic rings. The summed E-state index contributed by atoms with van der Waals surface area (Å²) >= 11 is 0. The predicted molar refractivity (Wildman–Crippen MR) is 88.2 cm³/mol. The number of nitriles is 1. The van der Waals surface area contributed by atoms with Gasteiger partial charge in [-0.3, -0.25) is 4.79 Å². The summed E-state index contributed by atoms with van der Waals surface area (Å²) in [5, 5.41) is 12.8. The number of hydrazone groups is 1. The second-order valence-corrected chi connectivity index (χ2v) is 5.02. The van der Waals surface area contributed by atoms with Crippen molar-refractivity contribution in [3.8, 4) is 11.8 Å². The molecule has 2 rings (SSSR count). The minimum atomic E-state index is -0.346. The molecule has 0 spiro atoms. The van der Waals surface area contributed by atoms with E-state index in [0.29, 0.717) is 11.3 Å². The van der Waals surface area contributed by atoms with E-state index < -0.39 is 0 Å². The zero-order valence-electron chi connectivity index (χ0n) is 13.0. The van der Waals surface area contributed by atoms with E-state index in [9.17, 15) is 4.79 Å². The minimum absolute atomic E-state index is 0.142. The molecular formula is C18H17N3O2. The number of nitrogens with zero attached hydrogens (tertiary/aromatic N) is 2. The molecule has 0 unspecified atom stereocenters. The van der Waals surface area contributed by atoms with Crippen molar-refractivity contribution in [1.29, 1.82) is 5.26 Å². The van der Waals surface area contributed by atoms with Crippen LogP contribution in [0.5, 0.6) is 5.75 Å². The van der Waals surface area contributed by atoms with Gasteiger partial charge in [0.2, 0.25) is 0 Å². The lowest BCUT2D eigenvalue weighted by Gasteiger charge is -2.06. The standard InChI is InChI=1S/C18H17N3O2/c1-13-3-7-16(8-4-13)14(2)20-21-18(22)12-23-17-9-5-15(11-19)6-10-17/h3-10H,12H2,1-2H3,(H,21,22). The van der Waals surface area contributed by atoms with Gasteiger partial charge in [0, 0.05) is 0 Å². The largest absolute Gasteiger partial charge is 0.484 e. The Balaban J connectivity index is 1.85. The summed E-state index contributed by atoms with van der Waals surface area (Å²) < 4.78 is 5.33. The molecule has 0 aromatic heterocycles. The number of aryl methyl sites for hydroxylation is 1. The SMILES string of the molecule is CC(=NNC(=O)COc1ccc(C#N)cc1)c1ccc(C)cc1. The van der Waals surface area contributed by atoms with Gasteiger partial charge in [0.1, 0.15) is 5.75 Å². The highest BCUT2D eigenvalue weighted by molar-refractivity contribution is 5.99. The average Bonchev–Trinajstić information content (AvgIpc) is 2.59. The molecule has 1 N–H and O–H groups in total. The van der Waals surface area contributed by atoms with E-state index in [1.807, 2.05) is 44.2 Å². The Morgan fingerprint density at radius 3 is 2.43 bits per heavy atom. The second kappa shape index (κ2) is 7.76. The van der Waals surface area contributed by atoms with E-state index in [0.717, 1.165) is 11.3 Å². The van der Waals surface area contributed by atoms with Crippen molar-refractivity contribution < 1.29 is 9.53 Å². The van der Waals surface area contributed by atoms with Crippen molar-refractivity contribution in [2.75, 3.05) is 6.61 Å². The fraction of sp³-hybridized carbons (Fsp3) is 0.167. The van der Waals surface area contributed by atoms with E-state index >= 15 is 0 Å². The van der Waals surface area contributed by atoms with E-state index in [1.54, 1.807) is 24.3 Å². The van der Waals surface area contributed by atoms with Gasteiger partial charge < -0.3 is 4.74 Å². The summed E-state index contributed by atoms with van der Waals surface area (Å²) in [6.07, 6.45) is 0. The highest BCUT2D eigenvalue weighted by atomic mass is 16.5. The van der Waals surface area contributed by atoms with Crippen LogP contribution in [0.1, 0.15) is 23.6 Å². The van der Waals surface area contributed by atoms with Crippen LogP contribution >= 0.6 is 0 Å². The number of carbonyl (C=O) groups excluding carboxylic acids is 1. The molecular weight excluding hydrogens is 290 g/mol. The maximum Gasteiger partial charge on any atom is 0.277 e. The third kappa shape index (κ3) is 4.97. The van der Waals surface area contributed by atoms with Crippen LogP contribution in [0.4, 0.5) is 0 Å². The molecule has 5 nitrogen and oxygen atoms in total. The normalized spacial score (nSPS) is 10.7. The van der Waals surface area contributed by atoms with Crippen LogP contribution in [0.2, 0.25) is 0 Å². The van der Waals surface area contributed by atoms with Crippen LogP contribution in [0, 0.1) is 18.3 Å². The zero-order valence-corrected chi connectivity index (χ0v) is 13.0. The Kier molecular flexibility index (Phi) is 5.48. The van der Waals surface area contributed by atoms with E-state index in [4.69, 9.17) is 10.00 Å². The van der Waals surface area contributed by atoms with Gasteiger partial charge in [-0.25, -0.2) is 5.43 Å². The molecule has 0 saturated carbocycles. The molecule has 0 radical (unpaired) electrons. The van der Waals surface area contributed by atoms with Gasteiger partial charge in [0.05, 0.1) is 17.3 Å². The van der Waals surface area contributed by atoms with Crippen LogP contribution in [0.3, 0.4) is 0 Å². The van der Waals surface area contributed by atoms with E-state index in [2.05, 4.69) is 10.5 Å². The van der Waals surface area contributed by atoms with Gasteiger partial charge in [-0.15, -0.1) is 0 Å². The highest BCUT2D eigenvalue weighted by Gasteiger charge is 2.03. The van der Waals surface area contributed by atoms with Crippen molar-refractivity contribution in [2.45, 2.75) is 13.8 Å². The molecule has 0 aliphatic carbocycles. The molecule has 116 valence electrons. The number of hydrogen-bond donors (Lipinski definition) is 1. The molecule has 2 aromatic rings. The van der Waals surface area contributed by atoms with Gasteiger partial charge in [0.15, 0.2) is 6.61 Å². The van der Waals surface area contributed by atoms with E-state index in [-0.39, 0.29) is 12.5 Å². The minimum Gasteiger partial charge on any atom is -0.484 e. The second-order valence-electron chi connectivity index (χ2n) is 5.02. The Morgan fingerprint density at radius 2 is 1.83 bits per heavy atom. The molecule has 0 bridgehead atoms. The van der Waals surface area contributed by atoms with Crippen molar-refractivity contribution in [1.82, 2.24) is 5.43 Å². The van der Waals surface area contributed by atoms with Crippen molar-refractivity contribution in [3.63, 3.8) is 0 Å². The molecule has 5 heteroatoms. The summed E-state index contributed by atoms with van der Waals surface area (Å²) in [6, 6.07) is 16.5. The Morgan fingerprint density at radius 1 is 1.17 bits per heavy atom. The first-order valence-corrected chi connectivity index (χ1v) is 7.11. The Hall–Kier alpha value is -3.13. The lowest BCUT2D eigenvalue weighted by Crippen LogP contribution is -2.25. The van der Waals surface area contributed by atoms with Gasteiger partial charge in [0.25, 0.3) is 5.91 Å². The molecule has 23 heavy (non-hydrogen) atoms. The van der Waals surface area contributed by atoms with Gasteiger partial charge in [-0.05, 0) is 43.7 Å². The summed E-state index contributed by atoms with van der Waals surface area (Å²) in [7, 11) is 0.